The summed E-state index contributed by atoms with van der Waals surface area (Å²) in [5, 5.41) is 6.18. The van der Waals surface area contributed by atoms with Gasteiger partial charge in [-0.25, -0.2) is 0 Å². The summed E-state index contributed by atoms with van der Waals surface area (Å²) < 4.78 is 0. The monoisotopic (exact) mass is 268 g/mol. The molecule has 0 unspecified atom stereocenters. The van der Waals surface area contributed by atoms with E-state index in [1.54, 1.807) is 0 Å². The number of nitrogens with one attached hydrogen (secondary N) is 2. The molecule has 0 spiro atoms. The van der Waals surface area contributed by atoms with Crippen molar-refractivity contribution in [2.75, 3.05) is 19.6 Å². The predicted molar refractivity (Wildman–Crippen MR) is 83.3 cm³/mol. The van der Waals surface area contributed by atoms with Crippen LogP contribution in [0.1, 0.15) is 64.7 Å². The van der Waals surface area contributed by atoms with Crippen molar-refractivity contribution in [2.24, 2.45) is 0 Å². The topological polar surface area (TPSA) is 41.1 Å². The molecule has 0 aliphatic carbocycles. The highest BCUT2D eigenvalue weighted by Gasteiger charge is 1.94. The Morgan fingerprint density at radius 3 is 2.11 bits per heavy atom. The van der Waals surface area contributed by atoms with Crippen LogP contribution in [0.5, 0.6) is 0 Å². The van der Waals surface area contributed by atoms with Crippen LogP contribution in [0.15, 0.2) is 12.7 Å². The van der Waals surface area contributed by atoms with Gasteiger partial charge in [0.15, 0.2) is 0 Å². The third-order valence-corrected chi connectivity index (χ3v) is 3.22. The molecular formula is C16H32N2O. The molecule has 0 bridgehead atoms. The maximum atomic E-state index is 10.9. The van der Waals surface area contributed by atoms with Gasteiger partial charge in [-0.15, -0.1) is 0 Å². The fraction of sp³-hybridized carbons (Fsp3) is 0.812. The van der Waals surface area contributed by atoms with Gasteiger partial charge in [0.25, 0.3) is 0 Å². The van der Waals surface area contributed by atoms with Gasteiger partial charge in [-0.3, -0.25) is 4.79 Å². The van der Waals surface area contributed by atoms with Crippen molar-refractivity contribution in [3.63, 3.8) is 0 Å². The van der Waals surface area contributed by atoms with E-state index in [4.69, 9.17) is 0 Å². The average Bonchev–Trinajstić information content (AvgIpc) is 2.43. The minimum Gasteiger partial charge on any atom is -0.353 e. The fourth-order valence-corrected chi connectivity index (χ4v) is 2.01. The molecule has 0 fully saturated rings. The molecule has 0 aromatic rings. The highest BCUT2D eigenvalue weighted by Crippen LogP contribution is 2.07. The Labute approximate surface area is 119 Å². The molecule has 0 rings (SSSR count). The first kappa shape index (κ1) is 18.2. The Hall–Kier alpha value is -0.830. The summed E-state index contributed by atoms with van der Waals surface area (Å²) in [6, 6.07) is 0. The summed E-state index contributed by atoms with van der Waals surface area (Å²) in [5.41, 5.74) is 0. The lowest BCUT2D eigenvalue weighted by molar-refractivity contribution is -0.116. The third-order valence-electron chi connectivity index (χ3n) is 3.22. The molecule has 19 heavy (non-hydrogen) atoms. The van der Waals surface area contributed by atoms with Crippen LogP contribution in [0, 0.1) is 0 Å². The van der Waals surface area contributed by atoms with Crippen molar-refractivity contribution in [1.82, 2.24) is 10.6 Å². The number of hydrogen-bond acceptors (Lipinski definition) is 2. The zero-order valence-electron chi connectivity index (χ0n) is 12.7. The Morgan fingerprint density at radius 2 is 1.47 bits per heavy atom. The summed E-state index contributed by atoms with van der Waals surface area (Å²) in [6.45, 7) is 8.48. The van der Waals surface area contributed by atoms with Crippen LogP contribution in [0.25, 0.3) is 0 Å². The molecule has 0 atom stereocenters. The van der Waals surface area contributed by atoms with Crippen molar-refractivity contribution < 1.29 is 4.79 Å². The van der Waals surface area contributed by atoms with Gasteiger partial charge >= 0.3 is 0 Å². The standard InChI is InChI=1S/C16H32N2O/c1-3-5-6-7-8-9-10-11-13-17-14-12-15-18-16(19)4-2/h4,17H,2-3,5-15H2,1H3,(H,18,19). The first-order chi connectivity index (χ1) is 9.31. The van der Waals surface area contributed by atoms with Gasteiger partial charge in [0, 0.05) is 6.54 Å². The van der Waals surface area contributed by atoms with Crippen LogP contribution in [0.4, 0.5) is 0 Å². The van der Waals surface area contributed by atoms with E-state index in [-0.39, 0.29) is 5.91 Å². The van der Waals surface area contributed by atoms with E-state index < -0.39 is 0 Å². The van der Waals surface area contributed by atoms with Gasteiger partial charge in [0.2, 0.25) is 5.91 Å². The predicted octanol–water partition coefficient (Wildman–Crippen LogP) is 3.41. The van der Waals surface area contributed by atoms with Crippen LogP contribution in [-0.4, -0.2) is 25.5 Å². The number of carbonyl (C=O) groups excluding carboxylic acids is 1. The number of rotatable bonds is 14. The van der Waals surface area contributed by atoms with E-state index in [0.717, 1.165) is 26.1 Å². The molecule has 3 heteroatoms. The Kier molecular flexibility index (Phi) is 14.6. The lowest BCUT2D eigenvalue weighted by Crippen LogP contribution is -2.26. The molecule has 0 aliphatic rings. The first-order valence-corrected chi connectivity index (χ1v) is 7.92. The van der Waals surface area contributed by atoms with Crippen LogP contribution < -0.4 is 10.6 Å². The molecule has 0 aromatic heterocycles. The largest absolute Gasteiger partial charge is 0.353 e. The van der Waals surface area contributed by atoms with Crippen molar-refractivity contribution in [3.05, 3.63) is 12.7 Å². The molecule has 3 nitrogen and oxygen atoms in total. The van der Waals surface area contributed by atoms with Gasteiger partial charge in [0.1, 0.15) is 0 Å². The second kappa shape index (κ2) is 15.2. The van der Waals surface area contributed by atoms with Gasteiger partial charge < -0.3 is 10.6 Å². The summed E-state index contributed by atoms with van der Waals surface area (Å²) in [6.07, 6.45) is 13.2. The van der Waals surface area contributed by atoms with Crippen LogP contribution in [0.2, 0.25) is 0 Å². The van der Waals surface area contributed by atoms with Crippen LogP contribution in [-0.2, 0) is 4.79 Å². The van der Waals surface area contributed by atoms with Crippen molar-refractivity contribution >= 4 is 5.91 Å². The lowest BCUT2D eigenvalue weighted by atomic mass is 10.1. The Morgan fingerprint density at radius 1 is 0.895 bits per heavy atom. The smallest absolute Gasteiger partial charge is 0.243 e. The van der Waals surface area contributed by atoms with E-state index in [9.17, 15) is 4.79 Å². The normalized spacial score (nSPS) is 10.4. The first-order valence-electron chi connectivity index (χ1n) is 7.92. The summed E-state index contributed by atoms with van der Waals surface area (Å²) >= 11 is 0. The molecule has 0 aliphatic heterocycles. The van der Waals surface area contributed by atoms with E-state index in [2.05, 4.69) is 24.1 Å². The molecule has 0 heterocycles. The fourth-order valence-electron chi connectivity index (χ4n) is 2.01. The molecule has 112 valence electrons. The zero-order valence-corrected chi connectivity index (χ0v) is 12.7. The highest BCUT2D eigenvalue weighted by atomic mass is 16.1. The van der Waals surface area contributed by atoms with Crippen LogP contribution in [0.3, 0.4) is 0 Å². The molecular weight excluding hydrogens is 236 g/mol. The highest BCUT2D eigenvalue weighted by molar-refractivity contribution is 5.86. The Bertz CT molecular complexity index is 217. The van der Waals surface area contributed by atoms with Crippen molar-refractivity contribution in [1.29, 1.82) is 0 Å². The van der Waals surface area contributed by atoms with E-state index in [1.807, 2.05) is 0 Å². The van der Waals surface area contributed by atoms with Gasteiger partial charge in [-0.1, -0.05) is 58.4 Å². The van der Waals surface area contributed by atoms with Gasteiger partial charge in [-0.05, 0) is 32.0 Å². The summed E-state index contributed by atoms with van der Waals surface area (Å²) in [4.78, 5) is 10.9. The van der Waals surface area contributed by atoms with Crippen LogP contribution >= 0.6 is 0 Å². The molecule has 0 radical (unpaired) electrons. The van der Waals surface area contributed by atoms with Gasteiger partial charge in [-0.2, -0.15) is 0 Å². The van der Waals surface area contributed by atoms with Crippen molar-refractivity contribution in [2.45, 2.75) is 64.7 Å². The van der Waals surface area contributed by atoms with E-state index >= 15 is 0 Å². The molecule has 1 amide bonds. The minimum atomic E-state index is -0.0805. The molecule has 0 saturated heterocycles. The molecule has 2 N–H and O–H groups in total. The summed E-state index contributed by atoms with van der Waals surface area (Å²) in [7, 11) is 0. The van der Waals surface area contributed by atoms with E-state index in [0.29, 0.717) is 0 Å². The second-order valence-electron chi connectivity index (χ2n) is 5.07. The zero-order chi connectivity index (χ0) is 14.2. The number of unbranched alkanes of at least 4 members (excludes halogenated alkanes) is 7. The van der Waals surface area contributed by atoms with Gasteiger partial charge in [0.05, 0.1) is 0 Å². The third kappa shape index (κ3) is 15.1. The maximum absolute atomic E-state index is 10.9. The minimum absolute atomic E-state index is 0.0805. The summed E-state index contributed by atoms with van der Waals surface area (Å²) in [5.74, 6) is -0.0805. The average molecular weight is 268 g/mol. The lowest BCUT2D eigenvalue weighted by Gasteiger charge is -2.05. The molecule has 0 saturated carbocycles. The number of hydrogen-bond donors (Lipinski definition) is 2. The Balaban J connectivity index is 2.99. The SMILES string of the molecule is C=CC(=O)NCCCNCCCCCCCCCC. The number of carbonyl (C=O) groups is 1. The molecule has 0 aromatic carbocycles. The van der Waals surface area contributed by atoms with E-state index in [1.165, 1.54) is 57.4 Å². The quantitative estimate of drug-likeness (QED) is 0.374. The maximum Gasteiger partial charge on any atom is 0.243 e. The van der Waals surface area contributed by atoms with Crippen molar-refractivity contribution in [3.8, 4) is 0 Å². The number of amides is 1. The second-order valence-corrected chi connectivity index (χ2v) is 5.07.